The number of benzene rings is 2. The molecule has 7 heteroatoms. The molecule has 0 heterocycles. The number of nitrogens with zero attached hydrogens (tertiary/aromatic N) is 2. The van der Waals surface area contributed by atoms with E-state index in [9.17, 15) is 0 Å². The van der Waals surface area contributed by atoms with E-state index >= 15 is 0 Å². The van der Waals surface area contributed by atoms with E-state index in [4.69, 9.17) is 33.7 Å². The molecule has 0 saturated carbocycles. The molecule has 0 aliphatic heterocycles. The largest absolute Gasteiger partial charge is 0.486 e. The minimum Gasteiger partial charge on any atom is -0.486 e. The number of hydrogen-bond donors (Lipinski definition) is 1. The van der Waals surface area contributed by atoms with E-state index < -0.39 is 0 Å². The lowest BCUT2D eigenvalue weighted by molar-refractivity contribution is 0.363. The summed E-state index contributed by atoms with van der Waals surface area (Å²) in [5.74, 6) is 1.15. The molecule has 4 nitrogen and oxygen atoms in total. The molecule has 0 aliphatic rings. The van der Waals surface area contributed by atoms with Gasteiger partial charge in [0.1, 0.15) is 6.61 Å². The lowest BCUT2D eigenvalue weighted by Gasteiger charge is -2.08. The summed E-state index contributed by atoms with van der Waals surface area (Å²) in [5.41, 5.74) is 7.71. The van der Waals surface area contributed by atoms with Gasteiger partial charge in [0.25, 0.3) is 0 Å². The van der Waals surface area contributed by atoms with Crippen molar-refractivity contribution in [1.29, 1.82) is 0 Å². The summed E-state index contributed by atoms with van der Waals surface area (Å²) in [4.78, 5) is 0. The van der Waals surface area contributed by atoms with E-state index in [1.54, 1.807) is 18.2 Å². The summed E-state index contributed by atoms with van der Waals surface area (Å²) < 4.78 is 5.41. The van der Waals surface area contributed by atoms with Crippen molar-refractivity contribution in [2.45, 2.75) is 5.75 Å². The van der Waals surface area contributed by atoms with Crippen LogP contribution in [0, 0.1) is 0 Å². The Kier molecular flexibility index (Phi) is 7.85. The van der Waals surface area contributed by atoms with Gasteiger partial charge in [-0.15, -0.1) is 5.10 Å². The van der Waals surface area contributed by atoms with Gasteiger partial charge in [0.05, 0.1) is 16.3 Å². The summed E-state index contributed by atoms with van der Waals surface area (Å²) in [6.07, 6.45) is 3.15. The van der Waals surface area contributed by atoms with Crippen LogP contribution in [-0.2, 0) is 5.75 Å². The van der Waals surface area contributed by atoms with Gasteiger partial charge in [-0.05, 0) is 23.3 Å². The molecule has 0 fully saturated rings. The summed E-state index contributed by atoms with van der Waals surface area (Å²) in [7, 11) is 0. The molecule has 0 saturated heterocycles. The highest BCUT2D eigenvalue weighted by molar-refractivity contribution is 8.13. The molecule has 2 rings (SSSR count). The summed E-state index contributed by atoms with van der Waals surface area (Å²) >= 11 is 13.7. The van der Waals surface area contributed by atoms with Crippen molar-refractivity contribution < 1.29 is 4.74 Å². The van der Waals surface area contributed by atoms with Crippen LogP contribution in [0.25, 0.3) is 0 Å². The Labute approximate surface area is 161 Å². The first-order valence-corrected chi connectivity index (χ1v) is 9.10. The van der Waals surface area contributed by atoms with Crippen LogP contribution in [0.3, 0.4) is 0 Å². The third-order valence-corrected chi connectivity index (χ3v) is 4.38. The van der Waals surface area contributed by atoms with Crippen LogP contribution in [0.4, 0.5) is 0 Å². The Bertz CT molecular complexity index is 756. The van der Waals surface area contributed by atoms with Gasteiger partial charge < -0.3 is 10.5 Å². The van der Waals surface area contributed by atoms with Crippen LogP contribution in [-0.4, -0.2) is 18.0 Å². The molecular formula is C18H17Cl2N3OS. The normalized spacial score (nSPS) is 11.7. The second-order valence-electron chi connectivity index (χ2n) is 4.87. The van der Waals surface area contributed by atoms with Gasteiger partial charge in [-0.2, -0.15) is 5.10 Å². The molecule has 0 radical (unpaired) electrons. The Morgan fingerprint density at radius 1 is 1.20 bits per heavy atom. The van der Waals surface area contributed by atoms with Crippen LogP contribution in [0.2, 0.25) is 10.0 Å². The quantitative estimate of drug-likeness (QED) is 0.306. The molecule has 2 N–H and O–H groups in total. The van der Waals surface area contributed by atoms with Crippen LogP contribution in [0.1, 0.15) is 11.1 Å². The topological polar surface area (TPSA) is 60.0 Å². The minimum absolute atomic E-state index is 0.326. The first-order valence-electron chi connectivity index (χ1n) is 7.36. The number of thioether (sulfide) groups is 1. The Hall–Kier alpha value is -1.95. The number of nitrogens with two attached hydrogens (primary N) is 1. The number of ether oxygens (including phenoxy) is 1. The standard InChI is InChI=1S/C18H17Cl2N3OS/c1-2-8-24-17-15(19)9-14(10-16(17)20)11-22-23-18(21)25-12-13-6-4-3-5-7-13/h2-7,9-11H,1,8,12H2,(H2,21,23). The monoisotopic (exact) mass is 393 g/mol. The second-order valence-corrected chi connectivity index (χ2v) is 6.68. The van der Waals surface area contributed by atoms with E-state index in [-0.39, 0.29) is 0 Å². The maximum atomic E-state index is 6.16. The zero-order valence-electron chi connectivity index (χ0n) is 13.4. The SMILES string of the molecule is C=CCOc1c(Cl)cc(C=NN=C(N)SCc2ccccc2)cc1Cl. The molecule has 0 unspecified atom stereocenters. The lowest BCUT2D eigenvalue weighted by Crippen LogP contribution is -2.06. The second kappa shape index (κ2) is 10.1. The fraction of sp³-hybridized carbons (Fsp3) is 0.111. The Balaban J connectivity index is 1.97. The van der Waals surface area contributed by atoms with Crippen LogP contribution >= 0.6 is 35.0 Å². The van der Waals surface area contributed by atoms with E-state index in [2.05, 4.69) is 16.8 Å². The fourth-order valence-corrected chi connectivity index (χ4v) is 3.07. The Morgan fingerprint density at radius 3 is 2.52 bits per heavy atom. The van der Waals surface area contributed by atoms with E-state index in [1.165, 1.54) is 23.5 Å². The van der Waals surface area contributed by atoms with E-state index in [0.29, 0.717) is 33.1 Å². The Morgan fingerprint density at radius 2 is 1.88 bits per heavy atom. The molecule has 25 heavy (non-hydrogen) atoms. The van der Waals surface area contributed by atoms with Crippen LogP contribution < -0.4 is 10.5 Å². The fourth-order valence-electron chi connectivity index (χ4n) is 1.85. The van der Waals surface area contributed by atoms with Crippen molar-refractivity contribution in [3.05, 3.63) is 76.3 Å². The van der Waals surface area contributed by atoms with Crippen molar-refractivity contribution in [2.75, 3.05) is 6.61 Å². The van der Waals surface area contributed by atoms with Gasteiger partial charge in [-0.25, -0.2) is 0 Å². The average Bonchev–Trinajstić information content (AvgIpc) is 2.60. The van der Waals surface area contributed by atoms with Gasteiger partial charge >= 0.3 is 0 Å². The molecule has 0 bridgehead atoms. The maximum absolute atomic E-state index is 6.16. The number of rotatable bonds is 7. The predicted molar refractivity (Wildman–Crippen MR) is 109 cm³/mol. The summed E-state index contributed by atoms with van der Waals surface area (Å²) in [5, 5.41) is 9.10. The summed E-state index contributed by atoms with van der Waals surface area (Å²) in [6, 6.07) is 13.4. The van der Waals surface area contributed by atoms with Gasteiger partial charge in [0.15, 0.2) is 10.9 Å². The number of hydrogen-bond acceptors (Lipinski definition) is 4. The van der Waals surface area contributed by atoms with E-state index in [1.807, 2.05) is 30.3 Å². The third kappa shape index (κ3) is 6.46. The van der Waals surface area contributed by atoms with Crippen LogP contribution in [0.5, 0.6) is 5.75 Å². The average molecular weight is 394 g/mol. The highest BCUT2D eigenvalue weighted by Crippen LogP contribution is 2.33. The lowest BCUT2D eigenvalue weighted by atomic mass is 10.2. The first-order chi connectivity index (χ1) is 12.1. The van der Waals surface area contributed by atoms with Gasteiger partial charge in [0, 0.05) is 5.75 Å². The minimum atomic E-state index is 0.326. The van der Waals surface area contributed by atoms with Crippen LogP contribution in [0.15, 0.2) is 65.3 Å². The smallest absolute Gasteiger partial charge is 0.180 e. The molecule has 0 aromatic heterocycles. The predicted octanol–water partition coefficient (Wildman–Crippen LogP) is 5.14. The van der Waals surface area contributed by atoms with Gasteiger partial charge in [-0.3, -0.25) is 0 Å². The van der Waals surface area contributed by atoms with Crippen molar-refractivity contribution in [3.63, 3.8) is 0 Å². The zero-order chi connectivity index (χ0) is 18.1. The molecule has 0 amide bonds. The number of amidine groups is 1. The number of halogens is 2. The highest BCUT2D eigenvalue weighted by Gasteiger charge is 2.08. The van der Waals surface area contributed by atoms with Crippen molar-refractivity contribution in [1.82, 2.24) is 0 Å². The highest BCUT2D eigenvalue weighted by atomic mass is 35.5. The van der Waals surface area contributed by atoms with Gasteiger partial charge in [-0.1, -0.05) is 78.0 Å². The van der Waals surface area contributed by atoms with Crippen molar-refractivity contribution in [3.8, 4) is 5.75 Å². The molecule has 2 aromatic carbocycles. The molecular weight excluding hydrogens is 377 g/mol. The molecule has 0 atom stereocenters. The van der Waals surface area contributed by atoms with Crippen molar-refractivity contribution in [2.24, 2.45) is 15.9 Å². The molecule has 130 valence electrons. The molecule has 2 aromatic rings. The maximum Gasteiger partial charge on any atom is 0.180 e. The zero-order valence-corrected chi connectivity index (χ0v) is 15.7. The molecule has 0 aliphatic carbocycles. The third-order valence-electron chi connectivity index (χ3n) is 2.96. The first kappa shape index (κ1) is 19.4. The van der Waals surface area contributed by atoms with Gasteiger partial charge in [0.2, 0.25) is 0 Å². The van der Waals surface area contributed by atoms with Crippen molar-refractivity contribution >= 4 is 46.3 Å². The van der Waals surface area contributed by atoms with E-state index in [0.717, 1.165) is 5.75 Å². The molecule has 0 spiro atoms. The summed E-state index contributed by atoms with van der Waals surface area (Å²) in [6.45, 7) is 3.91.